The molecule has 1 amide bonds. The number of hydrogen-bond acceptors (Lipinski definition) is 6. The summed E-state index contributed by atoms with van der Waals surface area (Å²) >= 11 is 0. The summed E-state index contributed by atoms with van der Waals surface area (Å²) in [6.45, 7) is 3.26. The van der Waals surface area contributed by atoms with Crippen LogP contribution in [0.25, 0.3) is 0 Å². The van der Waals surface area contributed by atoms with Crippen molar-refractivity contribution in [2.75, 3.05) is 5.32 Å². The maximum absolute atomic E-state index is 12.9. The summed E-state index contributed by atoms with van der Waals surface area (Å²) < 4.78 is 17.9. The predicted molar refractivity (Wildman–Crippen MR) is 127 cm³/mol. The maximum atomic E-state index is 12.9. The number of benzene rings is 2. The standard InChI is InChI=1S/C26H27FN4O3/c1-17(30-25(33)26(11-12-26)13-24(32)20-14-28-16-29-15-20)19-3-5-21(6-4-19)31-22-7-9-23(10-8-22)34-18(2)27/h3-10,14-18,31H,11-13H2,1-2H3,(H,30,33). The molecule has 1 saturated carbocycles. The van der Waals surface area contributed by atoms with Gasteiger partial charge in [-0.15, -0.1) is 0 Å². The molecule has 0 aliphatic heterocycles. The average Bonchev–Trinajstić information content (AvgIpc) is 3.62. The van der Waals surface area contributed by atoms with Gasteiger partial charge in [0.1, 0.15) is 12.1 Å². The van der Waals surface area contributed by atoms with Crippen molar-refractivity contribution in [3.63, 3.8) is 0 Å². The first-order chi connectivity index (χ1) is 16.3. The summed E-state index contributed by atoms with van der Waals surface area (Å²) in [6.07, 6.45) is 4.53. The van der Waals surface area contributed by atoms with Crippen LogP contribution in [-0.2, 0) is 4.79 Å². The Labute approximate surface area is 197 Å². The highest BCUT2D eigenvalue weighted by Crippen LogP contribution is 2.50. The SMILES string of the molecule is CC(F)Oc1ccc(Nc2ccc(C(C)NC(=O)C3(CC(=O)c4cncnc4)CC3)cc2)cc1. The zero-order chi connectivity index (χ0) is 24.1. The molecular weight excluding hydrogens is 435 g/mol. The van der Waals surface area contributed by atoms with Crippen molar-refractivity contribution in [1.29, 1.82) is 0 Å². The van der Waals surface area contributed by atoms with Gasteiger partial charge in [-0.3, -0.25) is 9.59 Å². The Morgan fingerprint density at radius 2 is 1.59 bits per heavy atom. The highest BCUT2D eigenvalue weighted by molar-refractivity contribution is 6.00. The van der Waals surface area contributed by atoms with Crippen molar-refractivity contribution in [3.05, 3.63) is 78.4 Å². The van der Waals surface area contributed by atoms with Crippen molar-refractivity contribution >= 4 is 23.1 Å². The second-order valence-corrected chi connectivity index (χ2v) is 8.63. The monoisotopic (exact) mass is 462 g/mol. The molecule has 1 aromatic heterocycles. The van der Waals surface area contributed by atoms with Gasteiger partial charge in [0.25, 0.3) is 0 Å². The number of ketones is 1. The van der Waals surface area contributed by atoms with Crippen molar-refractivity contribution in [2.45, 2.75) is 45.5 Å². The zero-order valence-corrected chi connectivity index (χ0v) is 19.1. The van der Waals surface area contributed by atoms with Crippen LogP contribution in [0.2, 0.25) is 0 Å². The van der Waals surface area contributed by atoms with E-state index in [4.69, 9.17) is 4.74 Å². The van der Waals surface area contributed by atoms with Crippen LogP contribution in [0.3, 0.4) is 0 Å². The normalized spacial score (nSPS) is 15.6. The third kappa shape index (κ3) is 5.75. The number of aromatic nitrogens is 2. The fourth-order valence-electron chi connectivity index (χ4n) is 3.75. The Bertz CT molecular complexity index is 1130. The van der Waals surface area contributed by atoms with E-state index in [9.17, 15) is 14.0 Å². The molecule has 2 N–H and O–H groups in total. The van der Waals surface area contributed by atoms with Gasteiger partial charge >= 0.3 is 0 Å². The molecule has 34 heavy (non-hydrogen) atoms. The lowest BCUT2D eigenvalue weighted by atomic mass is 9.95. The molecule has 2 aromatic carbocycles. The second-order valence-electron chi connectivity index (χ2n) is 8.63. The van der Waals surface area contributed by atoms with E-state index in [0.29, 0.717) is 24.2 Å². The van der Waals surface area contributed by atoms with E-state index in [1.165, 1.54) is 25.6 Å². The molecule has 1 aliphatic carbocycles. The highest BCUT2D eigenvalue weighted by atomic mass is 19.1. The number of nitrogens with one attached hydrogen (secondary N) is 2. The summed E-state index contributed by atoms with van der Waals surface area (Å²) in [6, 6.07) is 14.6. The summed E-state index contributed by atoms with van der Waals surface area (Å²) in [4.78, 5) is 33.2. The van der Waals surface area contributed by atoms with Gasteiger partial charge in [-0.1, -0.05) is 12.1 Å². The molecule has 1 fully saturated rings. The van der Waals surface area contributed by atoms with Crippen LogP contribution < -0.4 is 15.4 Å². The van der Waals surface area contributed by atoms with Gasteiger partial charge in [-0.2, -0.15) is 0 Å². The lowest BCUT2D eigenvalue weighted by molar-refractivity contribution is -0.127. The van der Waals surface area contributed by atoms with Gasteiger partial charge in [-0.05, 0) is 61.7 Å². The van der Waals surface area contributed by atoms with Crippen LogP contribution in [0, 0.1) is 5.41 Å². The Morgan fingerprint density at radius 3 is 2.15 bits per heavy atom. The largest absolute Gasteiger partial charge is 0.461 e. The zero-order valence-electron chi connectivity index (χ0n) is 19.1. The molecule has 4 rings (SSSR count). The molecule has 176 valence electrons. The Morgan fingerprint density at radius 1 is 1.00 bits per heavy atom. The Balaban J connectivity index is 1.32. The number of ether oxygens (including phenoxy) is 1. The summed E-state index contributed by atoms with van der Waals surface area (Å²) in [5.74, 6) is 0.250. The average molecular weight is 463 g/mol. The third-order valence-electron chi connectivity index (χ3n) is 5.92. The van der Waals surface area contributed by atoms with E-state index in [2.05, 4.69) is 20.6 Å². The molecule has 0 spiro atoms. The maximum Gasteiger partial charge on any atom is 0.235 e. The van der Waals surface area contributed by atoms with Crippen LogP contribution in [-0.4, -0.2) is 28.0 Å². The number of amides is 1. The van der Waals surface area contributed by atoms with Gasteiger partial charge in [0.15, 0.2) is 5.78 Å². The van der Waals surface area contributed by atoms with Crippen LogP contribution in [0.1, 0.15) is 55.1 Å². The Hall–Kier alpha value is -3.81. The lowest BCUT2D eigenvalue weighted by Crippen LogP contribution is -2.35. The number of hydrogen-bond donors (Lipinski definition) is 2. The first kappa shape index (κ1) is 23.4. The minimum atomic E-state index is -1.36. The molecular formula is C26H27FN4O3. The van der Waals surface area contributed by atoms with E-state index < -0.39 is 11.8 Å². The van der Waals surface area contributed by atoms with Crippen molar-refractivity contribution in [1.82, 2.24) is 15.3 Å². The van der Waals surface area contributed by atoms with Gasteiger partial charge in [0.05, 0.1) is 17.0 Å². The van der Waals surface area contributed by atoms with Crippen molar-refractivity contribution < 1.29 is 18.7 Å². The number of Topliss-reactive ketones (excluding diaryl/α,β-unsaturated/α-hetero) is 1. The fraction of sp³-hybridized carbons (Fsp3) is 0.308. The van der Waals surface area contributed by atoms with Gasteiger partial charge in [-0.25, -0.2) is 14.4 Å². The van der Waals surface area contributed by atoms with Gasteiger partial charge in [0.2, 0.25) is 12.3 Å². The molecule has 3 aromatic rings. The molecule has 0 saturated heterocycles. The Kier molecular flexibility index (Phi) is 6.86. The van der Waals surface area contributed by atoms with Crippen LogP contribution in [0.5, 0.6) is 5.75 Å². The molecule has 0 radical (unpaired) electrons. The number of nitrogens with zero attached hydrogens (tertiary/aromatic N) is 2. The summed E-state index contributed by atoms with van der Waals surface area (Å²) in [7, 11) is 0. The summed E-state index contributed by atoms with van der Waals surface area (Å²) in [5, 5.41) is 6.34. The molecule has 0 bridgehead atoms. The van der Waals surface area contributed by atoms with Gasteiger partial charge in [0, 0.05) is 37.1 Å². The highest BCUT2D eigenvalue weighted by Gasteiger charge is 2.51. The quantitative estimate of drug-likeness (QED) is 0.405. The summed E-state index contributed by atoms with van der Waals surface area (Å²) in [5.41, 5.74) is 2.47. The number of halogens is 1. The van der Waals surface area contributed by atoms with Crippen molar-refractivity contribution in [3.8, 4) is 5.75 Å². The van der Waals surface area contributed by atoms with Crippen LogP contribution >= 0.6 is 0 Å². The smallest absolute Gasteiger partial charge is 0.235 e. The second kappa shape index (κ2) is 9.99. The van der Waals surface area contributed by atoms with Gasteiger partial charge < -0.3 is 15.4 Å². The minimum Gasteiger partial charge on any atom is -0.461 e. The number of alkyl halides is 1. The lowest BCUT2D eigenvalue weighted by Gasteiger charge is -2.20. The molecule has 7 nitrogen and oxygen atoms in total. The third-order valence-corrected chi connectivity index (χ3v) is 5.92. The van der Waals surface area contributed by atoms with Crippen molar-refractivity contribution in [2.24, 2.45) is 5.41 Å². The minimum absolute atomic E-state index is 0.0997. The van der Waals surface area contributed by atoms with Crippen LogP contribution in [0.15, 0.2) is 67.3 Å². The molecule has 2 atom stereocenters. The van der Waals surface area contributed by atoms with E-state index in [1.54, 1.807) is 12.1 Å². The topological polar surface area (TPSA) is 93.2 Å². The van der Waals surface area contributed by atoms with E-state index in [1.807, 2.05) is 43.3 Å². The molecule has 1 aliphatic rings. The number of anilines is 2. The van der Waals surface area contributed by atoms with Crippen LogP contribution in [0.4, 0.5) is 15.8 Å². The molecule has 8 heteroatoms. The van der Waals surface area contributed by atoms with E-state index >= 15 is 0 Å². The number of rotatable bonds is 10. The molecule has 2 unspecified atom stereocenters. The van der Waals surface area contributed by atoms with E-state index in [-0.39, 0.29) is 24.2 Å². The predicted octanol–water partition coefficient (Wildman–Crippen LogP) is 5.14. The fourth-order valence-corrected chi connectivity index (χ4v) is 3.75. The first-order valence-corrected chi connectivity index (χ1v) is 11.2. The first-order valence-electron chi connectivity index (χ1n) is 11.2. The number of carbonyl (C=O) groups excluding carboxylic acids is 2. The van der Waals surface area contributed by atoms with E-state index in [0.717, 1.165) is 16.9 Å². The number of carbonyl (C=O) groups is 2. The molecule has 1 heterocycles.